The number of nitrogens with one attached hydrogen (secondary N) is 1. The number of carbonyl (C=O) groups excluding carboxylic acids is 1. The molecule has 0 saturated carbocycles. The van der Waals surface area contributed by atoms with Crippen LogP contribution in [0.2, 0.25) is 0 Å². The summed E-state index contributed by atoms with van der Waals surface area (Å²) in [6.45, 7) is 5.73. The maximum absolute atomic E-state index is 12.5. The van der Waals surface area contributed by atoms with Gasteiger partial charge >= 0.3 is 6.03 Å². The van der Waals surface area contributed by atoms with E-state index in [0.29, 0.717) is 44.4 Å². The van der Waals surface area contributed by atoms with E-state index in [1.165, 1.54) is 0 Å². The van der Waals surface area contributed by atoms with E-state index in [4.69, 9.17) is 13.7 Å². The number of nitrogens with zero attached hydrogens (tertiary/aromatic N) is 3. The lowest BCUT2D eigenvalue weighted by Crippen LogP contribution is -2.48. The van der Waals surface area contributed by atoms with E-state index in [1.807, 2.05) is 19.1 Å². The fourth-order valence-electron chi connectivity index (χ4n) is 2.69. The normalized spacial score (nSPS) is 17.9. The number of ether oxygens (including phenoxy) is 1. The summed E-state index contributed by atoms with van der Waals surface area (Å²) >= 11 is 0. The van der Waals surface area contributed by atoms with Gasteiger partial charge in [-0.2, -0.15) is 4.98 Å². The topological polar surface area (TPSA) is 93.6 Å². The molecule has 3 rings (SSSR count). The number of aryl methyl sites for hydroxylation is 3. The molecule has 0 radical (unpaired) electrons. The summed E-state index contributed by atoms with van der Waals surface area (Å²) in [7, 11) is 0. The molecular weight excluding hydrogens is 312 g/mol. The molecule has 130 valence electrons. The molecule has 0 bridgehead atoms. The Labute approximate surface area is 140 Å². The highest BCUT2D eigenvalue weighted by atomic mass is 16.5. The lowest BCUT2D eigenvalue weighted by atomic mass is 10.2. The van der Waals surface area contributed by atoms with E-state index in [0.717, 1.165) is 17.9 Å². The first-order chi connectivity index (χ1) is 11.6. The van der Waals surface area contributed by atoms with Gasteiger partial charge in [-0.05, 0) is 32.4 Å². The summed E-state index contributed by atoms with van der Waals surface area (Å²) in [6.07, 6.45) is 1.38. The Balaban J connectivity index is 1.50. The third-order valence-corrected chi connectivity index (χ3v) is 3.89. The van der Waals surface area contributed by atoms with Gasteiger partial charge in [0.25, 0.3) is 0 Å². The lowest BCUT2D eigenvalue weighted by Gasteiger charge is -2.34. The minimum Gasteiger partial charge on any atom is -0.464 e. The van der Waals surface area contributed by atoms with Crippen molar-refractivity contribution in [1.82, 2.24) is 20.4 Å². The molecule has 1 N–H and O–H groups in total. The minimum absolute atomic E-state index is 0.112. The van der Waals surface area contributed by atoms with Gasteiger partial charge < -0.3 is 23.9 Å². The first kappa shape index (κ1) is 16.5. The highest BCUT2D eigenvalue weighted by Gasteiger charge is 2.30. The molecule has 0 unspecified atom stereocenters. The van der Waals surface area contributed by atoms with Gasteiger partial charge in [0.15, 0.2) is 5.82 Å². The number of hydrogen-bond donors (Lipinski definition) is 1. The molecule has 0 spiro atoms. The first-order valence-corrected chi connectivity index (χ1v) is 8.11. The molecule has 1 aliphatic rings. The van der Waals surface area contributed by atoms with Crippen LogP contribution in [0, 0.1) is 13.8 Å². The number of rotatable bonds is 5. The zero-order valence-electron chi connectivity index (χ0n) is 13.9. The molecule has 2 aromatic rings. The summed E-state index contributed by atoms with van der Waals surface area (Å²) in [5, 5.41) is 6.68. The summed E-state index contributed by atoms with van der Waals surface area (Å²) in [5.41, 5.74) is 0. The number of amides is 2. The fraction of sp³-hybridized carbons (Fsp3) is 0.562. The van der Waals surface area contributed by atoms with Gasteiger partial charge in [0, 0.05) is 19.5 Å². The van der Waals surface area contributed by atoms with Crippen LogP contribution in [0.25, 0.3) is 0 Å². The second-order valence-corrected chi connectivity index (χ2v) is 5.80. The quantitative estimate of drug-likeness (QED) is 0.841. The molecule has 2 amide bonds. The van der Waals surface area contributed by atoms with Crippen LogP contribution >= 0.6 is 0 Å². The zero-order chi connectivity index (χ0) is 16.9. The number of urea groups is 1. The number of aromatic nitrogens is 2. The molecular formula is C16H22N4O4. The lowest BCUT2D eigenvalue weighted by molar-refractivity contribution is 0.00410. The molecule has 2 aromatic heterocycles. The first-order valence-electron chi connectivity index (χ1n) is 8.11. The van der Waals surface area contributed by atoms with Crippen molar-refractivity contribution in [3.05, 3.63) is 35.4 Å². The van der Waals surface area contributed by atoms with Crippen molar-refractivity contribution in [1.29, 1.82) is 0 Å². The maximum atomic E-state index is 12.5. The summed E-state index contributed by atoms with van der Waals surface area (Å²) in [5.74, 6) is 2.80. The van der Waals surface area contributed by atoms with Crippen molar-refractivity contribution >= 4 is 6.03 Å². The fourth-order valence-corrected chi connectivity index (χ4v) is 2.69. The Morgan fingerprint density at radius 2 is 2.29 bits per heavy atom. The summed E-state index contributed by atoms with van der Waals surface area (Å²) < 4.78 is 16.2. The predicted octanol–water partition coefficient (Wildman–Crippen LogP) is 2.00. The number of hydrogen-bond acceptors (Lipinski definition) is 6. The SMILES string of the molecule is Cc1noc(CCCNC(=O)N2CCOC[C@H]2c2ccc(C)o2)n1. The smallest absolute Gasteiger partial charge is 0.318 e. The standard InChI is InChI=1S/C16H22N4O4/c1-11-5-6-14(23-11)13-10-22-9-8-20(13)16(21)17-7-3-4-15-18-12(2)19-24-15/h5-6,13H,3-4,7-10H2,1-2H3,(H,17,21)/t13-/m0/s1. The van der Waals surface area contributed by atoms with E-state index in [-0.39, 0.29) is 12.1 Å². The third kappa shape index (κ3) is 3.94. The van der Waals surface area contributed by atoms with Crippen molar-refractivity contribution in [3.63, 3.8) is 0 Å². The van der Waals surface area contributed by atoms with E-state index in [9.17, 15) is 4.79 Å². The number of morpholine rings is 1. The van der Waals surface area contributed by atoms with Crippen molar-refractivity contribution < 1.29 is 18.5 Å². The highest BCUT2D eigenvalue weighted by Crippen LogP contribution is 2.25. The van der Waals surface area contributed by atoms with Gasteiger partial charge in [0.2, 0.25) is 5.89 Å². The Morgan fingerprint density at radius 3 is 3.00 bits per heavy atom. The number of carbonyl (C=O) groups is 1. The van der Waals surface area contributed by atoms with Gasteiger partial charge in [0.05, 0.1) is 13.2 Å². The third-order valence-electron chi connectivity index (χ3n) is 3.89. The van der Waals surface area contributed by atoms with E-state index in [2.05, 4.69) is 15.5 Å². The van der Waals surface area contributed by atoms with Crippen LogP contribution in [0.5, 0.6) is 0 Å². The minimum atomic E-state index is -0.189. The molecule has 8 heteroatoms. The molecule has 8 nitrogen and oxygen atoms in total. The van der Waals surface area contributed by atoms with Crippen molar-refractivity contribution in [2.75, 3.05) is 26.3 Å². The molecule has 1 atom stereocenters. The Morgan fingerprint density at radius 1 is 1.42 bits per heavy atom. The molecule has 1 fully saturated rings. The van der Waals surface area contributed by atoms with Gasteiger partial charge in [-0.15, -0.1) is 0 Å². The molecule has 0 aliphatic carbocycles. The molecule has 1 saturated heterocycles. The predicted molar refractivity (Wildman–Crippen MR) is 84.5 cm³/mol. The Kier molecular flexibility index (Phi) is 5.14. The highest BCUT2D eigenvalue weighted by molar-refractivity contribution is 5.74. The summed E-state index contributed by atoms with van der Waals surface area (Å²) in [6, 6.07) is 3.49. The van der Waals surface area contributed by atoms with Crippen LogP contribution in [-0.4, -0.2) is 47.4 Å². The Hall–Kier alpha value is -2.35. The second kappa shape index (κ2) is 7.48. The summed E-state index contributed by atoms with van der Waals surface area (Å²) in [4.78, 5) is 18.4. The van der Waals surface area contributed by atoms with Crippen LogP contribution in [0.3, 0.4) is 0 Å². The van der Waals surface area contributed by atoms with Crippen molar-refractivity contribution in [2.24, 2.45) is 0 Å². The van der Waals surface area contributed by atoms with Crippen LogP contribution < -0.4 is 5.32 Å². The molecule has 0 aromatic carbocycles. The number of furan rings is 1. The monoisotopic (exact) mass is 334 g/mol. The largest absolute Gasteiger partial charge is 0.464 e. The van der Waals surface area contributed by atoms with Crippen LogP contribution in [0.15, 0.2) is 21.1 Å². The second-order valence-electron chi connectivity index (χ2n) is 5.80. The van der Waals surface area contributed by atoms with Crippen LogP contribution in [-0.2, 0) is 11.2 Å². The van der Waals surface area contributed by atoms with Crippen molar-refractivity contribution in [2.45, 2.75) is 32.7 Å². The molecule has 24 heavy (non-hydrogen) atoms. The zero-order valence-corrected chi connectivity index (χ0v) is 13.9. The molecule has 1 aliphatic heterocycles. The van der Waals surface area contributed by atoms with Crippen molar-refractivity contribution in [3.8, 4) is 0 Å². The van der Waals surface area contributed by atoms with Gasteiger partial charge in [-0.3, -0.25) is 0 Å². The van der Waals surface area contributed by atoms with Gasteiger partial charge in [-0.1, -0.05) is 5.16 Å². The average Bonchev–Trinajstić information content (AvgIpc) is 3.20. The van der Waals surface area contributed by atoms with E-state index >= 15 is 0 Å². The van der Waals surface area contributed by atoms with Crippen LogP contribution in [0.4, 0.5) is 4.79 Å². The van der Waals surface area contributed by atoms with Crippen LogP contribution in [0.1, 0.15) is 35.7 Å². The Bertz CT molecular complexity index is 681. The average molecular weight is 334 g/mol. The van der Waals surface area contributed by atoms with E-state index < -0.39 is 0 Å². The maximum Gasteiger partial charge on any atom is 0.318 e. The molecule has 3 heterocycles. The van der Waals surface area contributed by atoms with Gasteiger partial charge in [0.1, 0.15) is 17.6 Å². The van der Waals surface area contributed by atoms with E-state index in [1.54, 1.807) is 11.8 Å². The van der Waals surface area contributed by atoms with Gasteiger partial charge in [-0.25, -0.2) is 4.79 Å².